The molecule has 2 heterocycles. The van der Waals surface area contributed by atoms with Crippen molar-refractivity contribution in [1.82, 2.24) is 4.98 Å². The molecule has 0 fully saturated rings. The van der Waals surface area contributed by atoms with E-state index in [0.717, 1.165) is 6.07 Å². The van der Waals surface area contributed by atoms with E-state index in [4.69, 9.17) is 9.15 Å². The van der Waals surface area contributed by atoms with Crippen molar-refractivity contribution < 1.29 is 23.4 Å². The Morgan fingerprint density at radius 1 is 1.15 bits per heavy atom. The number of fused-ring (bicyclic) bond motifs is 3. The Bertz CT molecular complexity index is 1280. The number of hydrogen-bond acceptors (Lipinski definition) is 6. The molecule has 134 valence electrons. The molecule has 2 aromatic heterocycles. The molecule has 4 aromatic rings. The van der Waals surface area contributed by atoms with Gasteiger partial charge in [-0.3, -0.25) is 9.78 Å². The van der Waals surface area contributed by atoms with Gasteiger partial charge in [-0.15, -0.1) is 0 Å². The summed E-state index contributed by atoms with van der Waals surface area (Å²) in [6.07, 6.45) is 1.30. The largest absolute Gasteiger partial charge is 0.507 e. The summed E-state index contributed by atoms with van der Waals surface area (Å²) in [5.41, 5.74) is -0.200. The average molecular weight is 365 g/mol. The van der Waals surface area contributed by atoms with Crippen LogP contribution in [0.3, 0.4) is 0 Å². The van der Waals surface area contributed by atoms with E-state index < -0.39 is 17.2 Å². The number of hydrogen-bond donors (Lipinski definition) is 1. The van der Waals surface area contributed by atoms with E-state index in [9.17, 15) is 19.1 Å². The number of nitrogens with zero attached hydrogens (tertiary/aromatic N) is 1. The number of methoxy groups -OCH3 is 1. The van der Waals surface area contributed by atoms with E-state index in [1.807, 2.05) is 0 Å². The lowest BCUT2D eigenvalue weighted by atomic mass is 10.0. The molecule has 0 spiro atoms. The molecule has 27 heavy (non-hydrogen) atoms. The average Bonchev–Trinajstić information content (AvgIpc) is 2.67. The minimum absolute atomic E-state index is 0.0456. The maximum atomic E-state index is 13.4. The lowest BCUT2D eigenvalue weighted by molar-refractivity contribution is 0.103. The topological polar surface area (TPSA) is 89.6 Å². The van der Waals surface area contributed by atoms with Gasteiger partial charge >= 0.3 is 5.63 Å². The van der Waals surface area contributed by atoms with Gasteiger partial charge in [0.2, 0.25) is 0 Å². The van der Waals surface area contributed by atoms with Gasteiger partial charge in [-0.05, 0) is 30.3 Å². The van der Waals surface area contributed by atoms with Crippen LogP contribution < -0.4 is 10.4 Å². The number of rotatable bonds is 3. The van der Waals surface area contributed by atoms with Crippen LogP contribution in [-0.2, 0) is 0 Å². The highest BCUT2D eigenvalue weighted by Crippen LogP contribution is 2.27. The van der Waals surface area contributed by atoms with Crippen LogP contribution in [0, 0.1) is 5.82 Å². The van der Waals surface area contributed by atoms with Crippen LogP contribution in [0.2, 0.25) is 0 Å². The van der Waals surface area contributed by atoms with Crippen LogP contribution in [0.1, 0.15) is 15.9 Å². The van der Waals surface area contributed by atoms with Gasteiger partial charge in [-0.2, -0.15) is 0 Å². The van der Waals surface area contributed by atoms with Crippen LogP contribution in [0.4, 0.5) is 4.39 Å². The van der Waals surface area contributed by atoms with Gasteiger partial charge in [0.1, 0.15) is 22.9 Å². The van der Waals surface area contributed by atoms with Crippen molar-refractivity contribution in [2.75, 3.05) is 7.11 Å². The summed E-state index contributed by atoms with van der Waals surface area (Å²) in [6, 6.07) is 9.43. The molecule has 0 radical (unpaired) electrons. The molecular formula is C20H12FNO5. The van der Waals surface area contributed by atoms with Gasteiger partial charge in [0, 0.05) is 29.3 Å². The van der Waals surface area contributed by atoms with Gasteiger partial charge in [-0.25, -0.2) is 9.18 Å². The second kappa shape index (κ2) is 6.21. The number of pyridine rings is 1. The van der Waals surface area contributed by atoms with Crippen molar-refractivity contribution in [2.45, 2.75) is 0 Å². The van der Waals surface area contributed by atoms with Gasteiger partial charge in [0.15, 0.2) is 5.78 Å². The number of phenols is 1. The van der Waals surface area contributed by atoms with Crippen LogP contribution in [0.15, 0.2) is 57.9 Å². The van der Waals surface area contributed by atoms with Crippen LogP contribution in [0.5, 0.6) is 11.5 Å². The van der Waals surface area contributed by atoms with E-state index in [0.29, 0.717) is 16.7 Å². The Labute approximate surface area is 151 Å². The molecule has 0 amide bonds. The predicted molar refractivity (Wildman–Crippen MR) is 95.8 cm³/mol. The number of aromatic nitrogens is 1. The highest BCUT2D eigenvalue weighted by atomic mass is 19.1. The first-order chi connectivity index (χ1) is 13.0. The molecule has 0 aliphatic rings. The zero-order chi connectivity index (χ0) is 19.1. The fraction of sp³-hybridized carbons (Fsp3) is 0.0500. The SMILES string of the molecule is COc1ccc(C(=O)c2cnc3c(c2)c(=O)oc2cc(F)ccc23)c(O)c1. The fourth-order valence-corrected chi connectivity index (χ4v) is 2.88. The summed E-state index contributed by atoms with van der Waals surface area (Å²) in [5.74, 6) is -0.893. The van der Waals surface area contributed by atoms with Crippen molar-refractivity contribution in [3.63, 3.8) is 0 Å². The monoisotopic (exact) mass is 365 g/mol. The zero-order valence-electron chi connectivity index (χ0n) is 14.0. The van der Waals surface area contributed by atoms with Crippen molar-refractivity contribution in [1.29, 1.82) is 0 Å². The Morgan fingerprint density at radius 2 is 1.96 bits per heavy atom. The second-order valence-corrected chi connectivity index (χ2v) is 5.86. The maximum absolute atomic E-state index is 13.4. The maximum Gasteiger partial charge on any atom is 0.345 e. The second-order valence-electron chi connectivity index (χ2n) is 5.86. The Balaban J connectivity index is 1.87. The summed E-state index contributed by atoms with van der Waals surface area (Å²) >= 11 is 0. The molecule has 7 heteroatoms. The van der Waals surface area contributed by atoms with E-state index in [-0.39, 0.29) is 27.8 Å². The van der Waals surface area contributed by atoms with Crippen molar-refractivity contribution in [3.8, 4) is 11.5 Å². The minimum atomic E-state index is -0.732. The Kier molecular flexibility index (Phi) is 3.84. The number of aromatic hydroxyl groups is 1. The van der Waals surface area contributed by atoms with Crippen LogP contribution in [0.25, 0.3) is 21.9 Å². The molecular weight excluding hydrogens is 353 g/mol. The van der Waals surface area contributed by atoms with E-state index in [1.165, 1.54) is 49.7 Å². The number of halogens is 1. The molecule has 0 atom stereocenters. The summed E-state index contributed by atoms with van der Waals surface area (Å²) in [7, 11) is 1.44. The summed E-state index contributed by atoms with van der Waals surface area (Å²) < 4.78 is 23.5. The first-order valence-corrected chi connectivity index (χ1v) is 7.92. The van der Waals surface area contributed by atoms with Crippen LogP contribution in [-0.4, -0.2) is 23.0 Å². The highest BCUT2D eigenvalue weighted by Gasteiger charge is 2.17. The third kappa shape index (κ3) is 2.79. The summed E-state index contributed by atoms with van der Waals surface area (Å²) in [6.45, 7) is 0. The third-order valence-corrected chi connectivity index (χ3v) is 4.22. The van der Waals surface area contributed by atoms with E-state index in [1.54, 1.807) is 0 Å². The van der Waals surface area contributed by atoms with E-state index in [2.05, 4.69) is 4.98 Å². The number of carbonyl (C=O) groups excluding carboxylic acids is 1. The zero-order valence-corrected chi connectivity index (χ0v) is 14.0. The predicted octanol–water partition coefficient (Wildman–Crippen LogP) is 3.43. The Hall–Kier alpha value is -3.74. The van der Waals surface area contributed by atoms with Gasteiger partial charge in [0.25, 0.3) is 0 Å². The molecule has 2 aromatic carbocycles. The number of phenolic OH excluding ortho intramolecular Hbond substituents is 1. The van der Waals surface area contributed by atoms with Crippen molar-refractivity contribution >= 4 is 27.7 Å². The lowest BCUT2D eigenvalue weighted by Gasteiger charge is -2.07. The van der Waals surface area contributed by atoms with Gasteiger partial charge in [0.05, 0.1) is 23.6 Å². The molecule has 0 saturated carbocycles. The van der Waals surface area contributed by atoms with Crippen molar-refractivity contribution in [2.24, 2.45) is 0 Å². The summed E-state index contributed by atoms with van der Waals surface area (Å²) in [4.78, 5) is 29.2. The molecule has 0 saturated heterocycles. The fourth-order valence-electron chi connectivity index (χ4n) is 2.88. The number of ether oxygens (including phenoxy) is 1. The first kappa shape index (κ1) is 16.7. The third-order valence-electron chi connectivity index (χ3n) is 4.22. The lowest BCUT2D eigenvalue weighted by Crippen LogP contribution is -2.07. The molecule has 0 aliphatic carbocycles. The number of ketones is 1. The molecule has 0 unspecified atom stereocenters. The number of carbonyl (C=O) groups is 1. The number of benzene rings is 2. The molecule has 0 bridgehead atoms. The smallest absolute Gasteiger partial charge is 0.345 e. The van der Waals surface area contributed by atoms with Gasteiger partial charge < -0.3 is 14.3 Å². The normalized spacial score (nSPS) is 11.0. The molecule has 6 nitrogen and oxygen atoms in total. The standard InChI is InChI=1S/C20H12FNO5/c1-26-12-3-5-13(16(23)8-12)19(24)10-6-15-18(22-9-10)14-4-2-11(21)7-17(14)27-20(15)25/h2-9,23H,1H3. The minimum Gasteiger partial charge on any atom is -0.507 e. The quantitative estimate of drug-likeness (QED) is 0.340. The van der Waals surface area contributed by atoms with Crippen molar-refractivity contribution in [3.05, 3.63) is 76.0 Å². The molecule has 0 aliphatic heterocycles. The van der Waals surface area contributed by atoms with Crippen LogP contribution >= 0.6 is 0 Å². The first-order valence-electron chi connectivity index (χ1n) is 7.92. The Morgan fingerprint density at radius 3 is 2.70 bits per heavy atom. The van der Waals surface area contributed by atoms with Gasteiger partial charge in [-0.1, -0.05) is 0 Å². The van der Waals surface area contributed by atoms with E-state index >= 15 is 0 Å². The summed E-state index contributed by atoms with van der Waals surface area (Å²) in [5, 5.41) is 10.6. The molecule has 4 rings (SSSR count). The highest BCUT2D eigenvalue weighted by molar-refractivity contribution is 6.12. The molecule has 1 N–H and O–H groups in total.